The predicted molar refractivity (Wildman–Crippen MR) is 100 cm³/mol. The summed E-state index contributed by atoms with van der Waals surface area (Å²) in [5.41, 5.74) is 7.83. The highest BCUT2D eigenvalue weighted by molar-refractivity contribution is 6.05. The largest absolute Gasteiger partial charge is 0.508 e. The fourth-order valence-electron chi connectivity index (χ4n) is 3.78. The molecule has 0 aliphatic heterocycles. The number of phenolic OH excluding ortho intramolecular Hbond substituents is 1. The third-order valence-electron chi connectivity index (χ3n) is 5.02. The molecule has 9 heteroatoms. The first-order valence-corrected chi connectivity index (χ1v) is 8.73. The minimum Gasteiger partial charge on any atom is -0.508 e. The lowest BCUT2D eigenvalue weighted by atomic mass is 10.1. The van der Waals surface area contributed by atoms with E-state index in [2.05, 4.69) is 15.1 Å². The van der Waals surface area contributed by atoms with Crippen molar-refractivity contribution in [2.24, 2.45) is 0 Å². The van der Waals surface area contributed by atoms with Gasteiger partial charge in [-0.2, -0.15) is 5.10 Å². The van der Waals surface area contributed by atoms with E-state index in [0.29, 0.717) is 22.2 Å². The Morgan fingerprint density at radius 2 is 1.93 bits per heavy atom. The molecule has 0 radical (unpaired) electrons. The number of anilines is 1. The number of nitrogens with zero attached hydrogens (tertiary/aromatic N) is 4. The van der Waals surface area contributed by atoms with E-state index in [1.165, 1.54) is 41.3 Å². The molecule has 2 aromatic heterocycles. The van der Waals surface area contributed by atoms with Crippen molar-refractivity contribution in [3.05, 3.63) is 65.5 Å². The van der Waals surface area contributed by atoms with Gasteiger partial charge in [-0.25, -0.2) is 23.4 Å². The van der Waals surface area contributed by atoms with Crippen LogP contribution in [0, 0.1) is 11.6 Å². The number of benzene rings is 2. The van der Waals surface area contributed by atoms with Gasteiger partial charge in [0.15, 0.2) is 11.4 Å². The number of carbonyl (C=O) groups excluding carboxylic acids is 1. The molecule has 4 aromatic rings. The second kappa shape index (κ2) is 6.06. The summed E-state index contributed by atoms with van der Waals surface area (Å²) in [4.78, 5) is 21.1. The summed E-state index contributed by atoms with van der Waals surface area (Å²) in [5.74, 6) is -1.48. The molecular weight excluding hydrogens is 380 g/mol. The first-order chi connectivity index (χ1) is 13.9. The molecule has 29 heavy (non-hydrogen) atoms. The van der Waals surface area contributed by atoms with Crippen molar-refractivity contribution in [3.63, 3.8) is 0 Å². The predicted octanol–water partition coefficient (Wildman–Crippen LogP) is 3.04. The first kappa shape index (κ1) is 17.2. The molecule has 5 rings (SSSR count). The van der Waals surface area contributed by atoms with Crippen molar-refractivity contribution in [2.45, 2.75) is 12.5 Å². The number of halogens is 2. The number of Topliss-reactive ketones (excluding diaryl/α,β-unsaturated/α-hetero) is 1. The fraction of sp³-hybridized carbons (Fsp3) is 0.100. The number of nitrogens with two attached hydrogens (primary N) is 1. The molecule has 0 bridgehead atoms. The average Bonchev–Trinajstić information content (AvgIpc) is 3.20. The van der Waals surface area contributed by atoms with Crippen molar-refractivity contribution in [1.29, 1.82) is 0 Å². The fourth-order valence-corrected chi connectivity index (χ4v) is 3.78. The van der Waals surface area contributed by atoms with Gasteiger partial charge in [-0.15, -0.1) is 0 Å². The maximum atomic E-state index is 13.9. The molecule has 3 N–H and O–H groups in total. The highest BCUT2D eigenvalue weighted by atomic mass is 19.1. The molecule has 1 aliphatic rings. The van der Waals surface area contributed by atoms with Gasteiger partial charge in [0, 0.05) is 23.6 Å². The van der Waals surface area contributed by atoms with Crippen LogP contribution in [-0.4, -0.2) is 30.6 Å². The molecule has 1 aliphatic carbocycles. The summed E-state index contributed by atoms with van der Waals surface area (Å²) in [5, 5.41) is 14.6. The van der Waals surface area contributed by atoms with E-state index in [0.717, 1.165) is 6.07 Å². The Morgan fingerprint density at radius 1 is 1.10 bits per heavy atom. The number of aromatic hydroxyl groups is 1. The van der Waals surface area contributed by atoms with Crippen LogP contribution in [0.5, 0.6) is 5.75 Å². The van der Waals surface area contributed by atoms with Gasteiger partial charge in [0.2, 0.25) is 0 Å². The minimum absolute atomic E-state index is 0.106. The summed E-state index contributed by atoms with van der Waals surface area (Å²) < 4.78 is 28.9. The van der Waals surface area contributed by atoms with Crippen LogP contribution in [0.3, 0.4) is 0 Å². The highest BCUT2D eigenvalue weighted by Gasteiger charge is 2.35. The lowest BCUT2D eigenvalue weighted by Crippen LogP contribution is -2.17. The summed E-state index contributed by atoms with van der Waals surface area (Å²) in [7, 11) is 0. The molecule has 0 saturated carbocycles. The number of phenols is 1. The zero-order valence-electron chi connectivity index (χ0n) is 14.8. The van der Waals surface area contributed by atoms with Crippen LogP contribution in [0.15, 0.2) is 42.7 Å². The smallest absolute Gasteiger partial charge is 0.188 e. The van der Waals surface area contributed by atoms with E-state index in [1.807, 2.05) is 0 Å². The molecule has 1 atom stereocenters. The molecule has 0 amide bonds. The highest BCUT2D eigenvalue weighted by Crippen LogP contribution is 2.37. The Balaban J connectivity index is 1.72. The van der Waals surface area contributed by atoms with Gasteiger partial charge in [-0.3, -0.25) is 4.79 Å². The van der Waals surface area contributed by atoms with Crippen LogP contribution < -0.4 is 5.73 Å². The van der Waals surface area contributed by atoms with Crippen LogP contribution in [0.4, 0.5) is 14.6 Å². The summed E-state index contributed by atoms with van der Waals surface area (Å²) in [6.45, 7) is 0. The summed E-state index contributed by atoms with van der Waals surface area (Å²) in [6, 6.07) is 6.76. The SMILES string of the molecule is Nc1ncnc2c1c(-c1cc(O)cc(F)c1)nn2C1Cc2cc(F)ccc2C1=O. The lowest BCUT2D eigenvalue weighted by molar-refractivity contribution is 0.0937. The molecule has 1 unspecified atom stereocenters. The number of ketones is 1. The van der Waals surface area contributed by atoms with Crippen LogP contribution in [0.25, 0.3) is 22.3 Å². The van der Waals surface area contributed by atoms with E-state index in [4.69, 9.17) is 5.73 Å². The van der Waals surface area contributed by atoms with Crippen molar-refractivity contribution >= 4 is 22.6 Å². The number of rotatable bonds is 2. The number of hydrogen-bond donors (Lipinski definition) is 2. The van der Waals surface area contributed by atoms with E-state index >= 15 is 0 Å². The van der Waals surface area contributed by atoms with Gasteiger partial charge < -0.3 is 10.8 Å². The van der Waals surface area contributed by atoms with Crippen LogP contribution in [0.2, 0.25) is 0 Å². The Labute approximate surface area is 162 Å². The van der Waals surface area contributed by atoms with Crippen molar-refractivity contribution < 1.29 is 18.7 Å². The Morgan fingerprint density at radius 3 is 2.72 bits per heavy atom. The first-order valence-electron chi connectivity index (χ1n) is 8.73. The monoisotopic (exact) mass is 393 g/mol. The van der Waals surface area contributed by atoms with Crippen molar-refractivity contribution in [3.8, 4) is 17.0 Å². The van der Waals surface area contributed by atoms with Crippen LogP contribution >= 0.6 is 0 Å². The van der Waals surface area contributed by atoms with Gasteiger partial charge in [-0.1, -0.05) is 0 Å². The molecule has 2 heterocycles. The third-order valence-corrected chi connectivity index (χ3v) is 5.02. The molecule has 7 nitrogen and oxygen atoms in total. The number of hydrogen-bond acceptors (Lipinski definition) is 6. The van der Waals surface area contributed by atoms with E-state index in [9.17, 15) is 18.7 Å². The Bertz CT molecular complexity index is 1300. The zero-order chi connectivity index (χ0) is 20.3. The van der Waals surface area contributed by atoms with Gasteiger partial charge >= 0.3 is 0 Å². The van der Waals surface area contributed by atoms with E-state index in [-0.39, 0.29) is 35.0 Å². The van der Waals surface area contributed by atoms with Gasteiger partial charge in [0.05, 0.1) is 5.39 Å². The van der Waals surface area contributed by atoms with Crippen LogP contribution in [0.1, 0.15) is 22.0 Å². The topological polar surface area (TPSA) is 107 Å². The second-order valence-corrected chi connectivity index (χ2v) is 6.83. The number of aromatic nitrogens is 4. The van der Waals surface area contributed by atoms with Gasteiger partial charge in [0.1, 0.15) is 41.3 Å². The van der Waals surface area contributed by atoms with Crippen LogP contribution in [-0.2, 0) is 6.42 Å². The Kier molecular flexibility index (Phi) is 3.60. The molecule has 0 fully saturated rings. The van der Waals surface area contributed by atoms with E-state index in [1.54, 1.807) is 0 Å². The summed E-state index contributed by atoms with van der Waals surface area (Å²) >= 11 is 0. The van der Waals surface area contributed by atoms with E-state index < -0.39 is 17.7 Å². The third kappa shape index (κ3) is 2.62. The minimum atomic E-state index is -0.750. The van der Waals surface area contributed by atoms with Gasteiger partial charge in [0.25, 0.3) is 0 Å². The maximum Gasteiger partial charge on any atom is 0.188 e. The molecule has 0 spiro atoms. The van der Waals surface area contributed by atoms with Crippen molar-refractivity contribution in [2.75, 3.05) is 5.73 Å². The number of nitrogen functional groups attached to an aromatic ring is 1. The molecule has 0 saturated heterocycles. The van der Waals surface area contributed by atoms with Gasteiger partial charge in [-0.05, 0) is 35.9 Å². The molecule has 144 valence electrons. The zero-order valence-corrected chi connectivity index (χ0v) is 14.8. The van der Waals surface area contributed by atoms with Crippen molar-refractivity contribution in [1.82, 2.24) is 19.7 Å². The maximum absolute atomic E-state index is 13.9. The standard InChI is InChI=1S/C20H13F2N5O2/c21-11-1-2-14-9(3-11)6-15(18(14)29)27-20-16(19(23)24-8-25-20)17(26-27)10-4-12(22)7-13(28)5-10/h1-5,7-8,15,28H,6H2,(H2,23,24,25). The normalized spacial score (nSPS) is 15.8. The average molecular weight is 393 g/mol. The second-order valence-electron chi connectivity index (χ2n) is 6.83. The quantitative estimate of drug-likeness (QED) is 0.542. The lowest BCUT2D eigenvalue weighted by Gasteiger charge is -2.09. The number of fused-ring (bicyclic) bond motifs is 2. The number of carbonyl (C=O) groups is 1. The summed E-state index contributed by atoms with van der Waals surface area (Å²) in [6.07, 6.45) is 1.48. The molecule has 2 aromatic carbocycles. The molecular formula is C20H13F2N5O2. The Hall–Kier alpha value is -3.88.